The number of nitrogens with zero attached hydrogens (tertiary/aromatic N) is 3. The van der Waals surface area contributed by atoms with Crippen molar-refractivity contribution in [1.82, 2.24) is 14.5 Å². The summed E-state index contributed by atoms with van der Waals surface area (Å²) >= 11 is 0. The highest BCUT2D eigenvalue weighted by Crippen LogP contribution is 2.37. The molecule has 10 rings (SSSR count). The van der Waals surface area contributed by atoms with Gasteiger partial charge in [0.05, 0.1) is 16.6 Å². The Labute approximate surface area is 308 Å². The smallest absolute Gasteiger partial charge is 0.165 e. The minimum absolute atomic E-state index is 0.841. The Hall–Kier alpha value is -7.10. The zero-order valence-electron chi connectivity index (χ0n) is 28.9. The Kier molecular flexibility index (Phi) is 7.47. The van der Waals surface area contributed by atoms with Crippen molar-refractivity contribution < 1.29 is 0 Å². The van der Waals surface area contributed by atoms with Gasteiger partial charge in [0.25, 0.3) is 0 Å². The topological polar surface area (TPSA) is 30.7 Å². The van der Waals surface area contributed by atoms with Gasteiger partial charge in [-0.1, -0.05) is 146 Å². The Morgan fingerprint density at radius 1 is 0.302 bits per heavy atom. The third kappa shape index (κ3) is 5.65. The number of fused-ring (bicyclic) bond motifs is 4. The van der Waals surface area contributed by atoms with Crippen molar-refractivity contribution in [3.05, 3.63) is 200 Å². The summed E-state index contributed by atoms with van der Waals surface area (Å²) < 4.78 is 2.28. The highest BCUT2D eigenvalue weighted by atomic mass is 15.1. The second kappa shape index (κ2) is 12.9. The molecule has 3 nitrogen and oxygen atoms in total. The molecule has 2 aromatic heterocycles. The summed E-state index contributed by atoms with van der Waals surface area (Å²) in [5.41, 5.74) is 17.2. The van der Waals surface area contributed by atoms with E-state index in [0.717, 1.165) is 61.0 Å². The van der Waals surface area contributed by atoms with Crippen LogP contribution in [0.1, 0.15) is 0 Å². The van der Waals surface area contributed by atoms with Crippen molar-refractivity contribution in [3.63, 3.8) is 0 Å². The zero-order chi connectivity index (χ0) is 35.1. The highest BCUT2D eigenvalue weighted by Gasteiger charge is 2.18. The molecule has 0 N–H and O–H groups in total. The third-order valence-electron chi connectivity index (χ3n) is 10.1. The average Bonchev–Trinajstić information content (AvgIpc) is 3.56. The molecule has 0 atom stereocenters. The number of rotatable bonds is 6. The lowest BCUT2D eigenvalue weighted by molar-refractivity contribution is 1.14. The lowest BCUT2D eigenvalue weighted by Gasteiger charge is -2.14. The maximum atomic E-state index is 5.38. The first-order chi connectivity index (χ1) is 26.2. The van der Waals surface area contributed by atoms with E-state index < -0.39 is 0 Å². The first-order valence-electron chi connectivity index (χ1n) is 18.0. The van der Waals surface area contributed by atoms with Crippen molar-refractivity contribution >= 4 is 33.1 Å². The Balaban J connectivity index is 1.17. The van der Waals surface area contributed by atoms with Crippen LogP contribution in [0.15, 0.2) is 200 Å². The SMILES string of the molecule is c1ccc(-c2cc(-c3ccccc3)cc(-c3ccc4nc5c(nc4c3)c3ccccc3n5-c3cc(-c4ccccc4)cc(-c4ccccc4)c3)c2)cc1. The average molecular weight is 676 g/mol. The molecule has 10 aromatic rings. The van der Waals surface area contributed by atoms with Gasteiger partial charge in [0.15, 0.2) is 5.65 Å². The molecule has 3 heteroatoms. The number of benzene rings is 8. The maximum Gasteiger partial charge on any atom is 0.165 e. The van der Waals surface area contributed by atoms with Crippen molar-refractivity contribution in [2.45, 2.75) is 0 Å². The first kappa shape index (κ1) is 30.7. The largest absolute Gasteiger partial charge is 0.292 e. The van der Waals surface area contributed by atoms with Gasteiger partial charge in [-0.2, -0.15) is 0 Å². The van der Waals surface area contributed by atoms with Crippen LogP contribution in [0, 0.1) is 0 Å². The van der Waals surface area contributed by atoms with Crippen molar-refractivity contribution in [1.29, 1.82) is 0 Å². The van der Waals surface area contributed by atoms with E-state index in [1.807, 2.05) is 0 Å². The predicted molar refractivity (Wildman–Crippen MR) is 221 cm³/mol. The zero-order valence-corrected chi connectivity index (χ0v) is 28.9. The highest BCUT2D eigenvalue weighted by molar-refractivity contribution is 6.08. The van der Waals surface area contributed by atoms with Gasteiger partial charge in [0.1, 0.15) is 5.52 Å². The summed E-state index contributed by atoms with van der Waals surface area (Å²) in [6.45, 7) is 0. The molecule has 0 aliphatic carbocycles. The fraction of sp³-hybridized carbons (Fsp3) is 0. The van der Waals surface area contributed by atoms with Gasteiger partial charge in [-0.15, -0.1) is 0 Å². The molecule has 53 heavy (non-hydrogen) atoms. The molecule has 0 fully saturated rings. The van der Waals surface area contributed by atoms with E-state index in [4.69, 9.17) is 9.97 Å². The Morgan fingerprint density at radius 3 is 1.25 bits per heavy atom. The van der Waals surface area contributed by atoms with Crippen LogP contribution in [-0.2, 0) is 0 Å². The fourth-order valence-electron chi connectivity index (χ4n) is 7.53. The second-order valence-electron chi connectivity index (χ2n) is 13.5. The minimum atomic E-state index is 0.841. The summed E-state index contributed by atoms with van der Waals surface area (Å²) in [7, 11) is 0. The molecule has 0 saturated heterocycles. The molecular formula is C50H33N3. The molecule has 8 aromatic carbocycles. The normalized spacial score (nSPS) is 11.4. The number of hydrogen-bond donors (Lipinski definition) is 0. The quantitative estimate of drug-likeness (QED) is 0.176. The van der Waals surface area contributed by atoms with Crippen LogP contribution < -0.4 is 0 Å². The maximum absolute atomic E-state index is 5.38. The van der Waals surface area contributed by atoms with Crippen LogP contribution >= 0.6 is 0 Å². The lowest BCUT2D eigenvalue weighted by atomic mass is 9.93. The van der Waals surface area contributed by atoms with Crippen molar-refractivity contribution in [2.24, 2.45) is 0 Å². The molecule has 0 unspecified atom stereocenters. The van der Waals surface area contributed by atoms with Crippen molar-refractivity contribution in [3.8, 4) is 61.3 Å². The fourth-order valence-corrected chi connectivity index (χ4v) is 7.53. The molecule has 2 heterocycles. The van der Waals surface area contributed by atoms with Gasteiger partial charge in [-0.25, -0.2) is 9.97 Å². The first-order valence-corrected chi connectivity index (χ1v) is 18.0. The molecule has 0 radical (unpaired) electrons. The molecule has 0 bridgehead atoms. The van der Waals surface area contributed by atoms with Gasteiger partial charge in [0.2, 0.25) is 0 Å². The summed E-state index contributed by atoms with van der Waals surface area (Å²) in [5.74, 6) is 0. The molecule has 248 valence electrons. The van der Waals surface area contributed by atoms with E-state index >= 15 is 0 Å². The predicted octanol–water partition coefficient (Wildman–Crippen LogP) is 13.1. The number of para-hydroxylation sites is 1. The van der Waals surface area contributed by atoms with E-state index in [1.165, 1.54) is 33.4 Å². The molecule has 0 spiro atoms. The van der Waals surface area contributed by atoms with Crippen LogP contribution in [0.3, 0.4) is 0 Å². The molecule has 0 amide bonds. The Morgan fingerprint density at radius 2 is 0.736 bits per heavy atom. The summed E-state index contributed by atoms with van der Waals surface area (Å²) in [6.07, 6.45) is 0. The number of hydrogen-bond acceptors (Lipinski definition) is 2. The summed E-state index contributed by atoms with van der Waals surface area (Å²) in [6, 6.07) is 71.0. The summed E-state index contributed by atoms with van der Waals surface area (Å²) in [5, 5.41) is 1.08. The van der Waals surface area contributed by atoms with Crippen LogP contribution in [0.25, 0.3) is 94.4 Å². The monoisotopic (exact) mass is 675 g/mol. The molecule has 0 aliphatic rings. The molecular weight excluding hydrogens is 643 g/mol. The van der Waals surface area contributed by atoms with E-state index in [1.54, 1.807) is 0 Å². The second-order valence-corrected chi connectivity index (χ2v) is 13.5. The summed E-state index contributed by atoms with van der Waals surface area (Å²) in [4.78, 5) is 10.7. The van der Waals surface area contributed by atoms with Gasteiger partial charge < -0.3 is 0 Å². The van der Waals surface area contributed by atoms with Crippen LogP contribution in [0.2, 0.25) is 0 Å². The van der Waals surface area contributed by atoms with Gasteiger partial charge in [-0.05, 0) is 110 Å². The standard InChI is InChI=1S/C50H33N3/c1-5-15-34(16-6-1)39-27-40(35-17-7-2-8-18-35)29-41(28-39)38-25-26-46-47(33-38)51-49-45-23-13-14-24-48(45)53(50(49)52-46)44-31-42(36-19-9-3-10-20-36)30-43(32-44)37-21-11-4-12-22-37/h1-33H. The minimum Gasteiger partial charge on any atom is -0.292 e. The van der Waals surface area contributed by atoms with E-state index in [0.29, 0.717) is 0 Å². The Bertz CT molecular complexity index is 2800. The van der Waals surface area contributed by atoms with Crippen LogP contribution in [-0.4, -0.2) is 14.5 Å². The molecule has 0 aliphatic heterocycles. The van der Waals surface area contributed by atoms with E-state index in [2.05, 4.69) is 205 Å². The van der Waals surface area contributed by atoms with Gasteiger partial charge in [0, 0.05) is 11.1 Å². The van der Waals surface area contributed by atoms with Gasteiger partial charge in [-0.3, -0.25) is 4.57 Å². The van der Waals surface area contributed by atoms with E-state index in [9.17, 15) is 0 Å². The van der Waals surface area contributed by atoms with Crippen molar-refractivity contribution in [2.75, 3.05) is 0 Å². The number of aromatic nitrogens is 3. The van der Waals surface area contributed by atoms with Crippen LogP contribution in [0.5, 0.6) is 0 Å². The lowest BCUT2D eigenvalue weighted by Crippen LogP contribution is -1.98. The van der Waals surface area contributed by atoms with E-state index in [-0.39, 0.29) is 0 Å². The van der Waals surface area contributed by atoms with Crippen LogP contribution in [0.4, 0.5) is 0 Å². The third-order valence-corrected chi connectivity index (χ3v) is 10.1. The molecule has 0 saturated carbocycles. The van der Waals surface area contributed by atoms with Gasteiger partial charge >= 0.3 is 0 Å².